The summed E-state index contributed by atoms with van der Waals surface area (Å²) in [5.41, 5.74) is 1.38. The van der Waals surface area contributed by atoms with E-state index in [1.807, 2.05) is 11.5 Å². The van der Waals surface area contributed by atoms with Gasteiger partial charge in [-0.1, -0.05) is 18.2 Å². The summed E-state index contributed by atoms with van der Waals surface area (Å²) in [5, 5.41) is 14.7. The average molecular weight is 330 g/mol. The number of aromatic hydroxyl groups is 1. The van der Waals surface area contributed by atoms with Gasteiger partial charge in [0.1, 0.15) is 5.75 Å². The first-order valence-electron chi connectivity index (χ1n) is 7.52. The second kappa shape index (κ2) is 7.39. The molecular formula is C17H18N2O3S. The lowest BCUT2D eigenvalue weighted by atomic mass is 9.94. The van der Waals surface area contributed by atoms with Gasteiger partial charge < -0.3 is 9.84 Å². The third kappa shape index (κ3) is 4.18. The highest BCUT2D eigenvalue weighted by atomic mass is 32.1. The molecule has 0 atom stereocenters. The molecule has 1 aliphatic heterocycles. The van der Waals surface area contributed by atoms with Gasteiger partial charge in [-0.25, -0.2) is 4.98 Å². The highest BCUT2D eigenvalue weighted by Gasteiger charge is 2.18. The molecule has 1 aromatic carbocycles. The molecule has 0 aliphatic carbocycles. The molecule has 1 fully saturated rings. The van der Waals surface area contributed by atoms with Gasteiger partial charge in [0.15, 0.2) is 5.13 Å². The molecule has 1 aromatic heterocycles. The number of carbonyl (C=O) groups excluding carboxylic acids is 1. The molecule has 1 aliphatic rings. The van der Waals surface area contributed by atoms with Crippen molar-refractivity contribution in [3.63, 3.8) is 0 Å². The van der Waals surface area contributed by atoms with Crippen LogP contribution in [0.5, 0.6) is 5.75 Å². The quantitative estimate of drug-likeness (QED) is 0.844. The van der Waals surface area contributed by atoms with E-state index in [1.54, 1.807) is 30.5 Å². The monoisotopic (exact) mass is 330 g/mol. The van der Waals surface area contributed by atoms with Crippen LogP contribution in [0.3, 0.4) is 0 Å². The number of hydrogen-bond donors (Lipinski definition) is 2. The van der Waals surface area contributed by atoms with Crippen molar-refractivity contribution in [2.75, 3.05) is 18.5 Å². The van der Waals surface area contributed by atoms with Crippen LogP contribution in [0.4, 0.5) is 5.13 Å². The van der Waals surface area contributed by atoms with E-state index in [-0.39, 0.29) is 11.7 Å². The number of amides is 1. The lowest BCUT2D eigenvalue weighted by Crippen LogP contribution is -2.18. The van der Waals surface area contributed by atoms with Crippen LogP contribution in [0.25, 0.3) is 5.57 Å². The molecule has 0 spiro atoms. The molecular weight excluding hydrogens is 312 g/mol. The summed E-state index contributed by atoms with van der Waals surface area (Å²) in [5.74, 6) is 0.311. The van der Waals surface area contributed by atoms with E-state index < -0.39 is 0 Å². The topological polar surface area (TPSA) is 71.5 Å². The Hall–Kier alpha value is -2.18. The second-order valence-electron chi connectivity index (χ2n) is 5.37. The van der Waals surface area contributed by atoms with Crippen molar-refractivity contribution in [1.29, 1.82) is 0 Å². The van der Waals surface area contributed by atoms with Crippen molar-refractivity contribution in [3.8, 4) is 5.75 Å². The van der Waals surface area contributed by atoms with E-state index in [1.165, 1.54) is 11.3 Å². The Bertz CT molecular complexity index is 674. The van der Waals surface area contributed by atoms with E-state index in [4.69, 9.17) is 4.74 Å². The SMILES string of the molecule is O=C(Nc1nccs1)C(=CC1CCOCC1)c1ccc(O)cc1. The number of carbonyl (C=O) groups is 1. The average Bonchev–Trinajstić information content (AvgIpc) is 3.07. The Balaban J connectivity index is 1.87. The molecule has 2 aromatic rings. The van der Waals surface area contributed by atoms with Crippen molar-refractivity contribution >= 4 is 27.9 Å². The number of ether oxygens (including phenoxy) is 1. The zero-order valence-electron chi connectivity index (χ0n) is 12.6. The number of allylic oxidation sites excluding steroid dienone is 1. The molecule has 0 saturated carbocycles. The molecule has 6 heteroatoms. The molecule has 1 saturated heterocycles. The van der Waals surface area contributed by atoms with Crippen LogP contribution in [0.1, 0.15) is 18.4 Å². The molecule has 2 N–H and O–H groups in total. The van der Waals surface area contributed by atoms with E-state index in [9.17, 15) is 9.90 Å². The molecule has 3 rings (SSSR count). The number of hydrogen-bond acceptors (Lipinski definition) is 5. The minimum Gasteiger partial charge on any atom is -0.508 e. The van der Waals surface area contributed by atoms with E-state index in [0.717, 1.165) is 31.6 Å². The van der Waals surface area contributed by atoms with Crippen LogP contribution in [0.2, 0.25) is 0 Å². The van der Waals surface area contributed by atoms with Gasteiger partial charge in [-0.3, -0.25) is 10.1 Å². The lowest BCUT2D eigenvalue weighted by molar-refractivity contribution is -0.111. The highest BCUT2D eigenvalue weighted by molar-refractivity contribution is 7.13. The molecule has 0 unspecified atom stereocenters. The number of nitrogens with one attached hydrogen (secondary N) is 1. The number of aromatic nitrogens is 1. The molecule has 5 nitrogen and oxygen atoms in total. The van der Waals surface area contributed by atoms with E-state index in [2.05, 4.69) is 10.3 Å². The van der Waals surface area contributed by atoms with Crippen molar-refractivity contribution in [2.45, 2.75) is 12.8 Å². The fraction of sp³-hybridized carbons (Fsp3) is 0.294. The van der Waals surface area contributed by atoms with Gasteiger partial charge in [0, 0.05) is 30.4 Å². The number of phenolic OH excluding ortho intramolecular Hbond substituents is 1. The predicted molar refractivity (Wildman–Crippen MR) is 90.4 cm³/mol. The summed E-state index contributed by atoms with van der Waals surface area (Å²) in [7, 11) is 0. The summed E-state index contributed by atoms with van der Waals surface area (Å²) in [6.07, 6.45) is 5.48. The summed E-state index contributed by atoms with van der Waals surface area (Å²) < 4.78 is 5.38. The van der Waals surface area contributed by atoms with Crippen molar-refractivity contribution in [3.05, 3.63) is 47.5 Å². The van der Waals surface area contributed by atoms with Gasteiger partial charge in [-0.15, -0.1) is 11.3 Å². The van der Waals surface area contributed by atoms with Crippen molar-refractivity contribution in [1.82, 2.24) is 4.98 Å². The van der Waals surface area contributed by atoms with Gasteiger partial charge in [0.25, 0.3) is 5.91 Å². The minimum absolute atomic E-state index is 0.180. The van der Waals surface area contributed by atoms with Gasteiger partial charge in [-0.2, -0.15) is 0 Å². The van der Waals surface area contributed by atoms with E-state index >= 15 is 0 Å². The lowest BCUT2D eigenvalue weighted by Gasteiger charge is -2.20. The smallest absolute Gasteiger partial charge is 0.257 e. The molecule has 0 radical (unpaired) electrons. The number of nitrogens with zero attached hydrogens (tertiary/aromatic N) is 1. The first-order chi connectivity index (χ1) is 11.2. The number of rotatable bonds is 4. The van der Waals surface area contributed by atoms with Gasteiger partial charge in [0.05, 0.1) is 0 Å². The highest BCUT2D eigenvalue weighted by Crippen LogP contribution is 2.25. The maximum atomic E-state index is 12.7. The third-order valence-corrected chi connectivity index (χ3v) is 4.43. The van der Waals surface area contributed by atoms with Crippen LogP contribution >= 0.6 is 11.3 Å². The van der Waals surface area contributed by atoms with Gasteiger partial charge in [-0.05, 0) is 36.5 Å². The number of benzene rings is 1. The summed E-state index contributed by atoms with van der Waals surface area (Å²) in [6, 6.07) is 6.68. The first-order valence-corrected chi connectivity index (χ1v) is 8.40. The first kappa shape index (κ1) is 15.7. The zero-order chi connectivity index (χ0) is 16.1. The van der Waals surface area contributed by atoms with Gasteiger partial charge in [0.2, 0.25) is 0 Å². The van der Waals surface area contributed by atoms with Crippen molar-refractivity contribution < 1.29 is 14.6 Å². The molecule has 2 heterocycles. The predicted octanol–water partition coefficient (Wildman–Crippen LogP) is 3.30. The molecule has 23 heavy (non-hydrogen) atoms. The van der Waals surface area contributed by atoms with Crippen LogP contribution in [-0.4, -0.2) is 29.2 Å². The Morgan fingerprint density at radius 3 is 2.70 bits per heavy atom. The number of anilines is 1. The third-order valence-electron chi connectivity index (χ3n) is 3.74. The standard InChI is InChI=1S/C17H18N2O3S/c20-14-3-1-13(2-4-14)15(11-12-5-8-22-9-6-12)16(21)19-17-18-7-10-23-17/h1-4,7,10-12,20H,5-6,8-9H2,(H,18,19,21). The number of thiazole rings is 1. The Morgan fingerprint density at radius 1 is 1.30 bits per heavy atom. The molecule has 120 valence electrons. The summed E-state index contributed by atoms with van der Waals surface area (Å²) in [4.78, 5) is 16.8. The Morgan fingerprint density at radius 2 is 2.04 bits per heavy atom. The maximum Gasteiger partial charge on any atom is 0.257 e. The number of phenols is 1. The van der Waals surface area contributed by atoms with Gasteiger partial charge >= 0.3 is 0 Å². The van der Waals surface area contributed by atoms with E-state index in [0.29, 0.717) is 16.6 Å². The minimum atomic E-state index is -0.183. The molecule has 1 amide bonds. The van der Waals surface area contributed by atoms with Crippen molar-refractivity contribution in [2.24, 2.45) is 5.92 Å². The largest absolute Gasteiger partial charge is 0.508 e. The summed E-state index contributed by atoms with van der Waals surface area (Å²) in [6.45, 7) is 1.44. The fourth-order valence-corrected chi connectivity index (χ4v) is 3.04. The Labute approximate surface area is 138 Å². The Kier molecular flexibility index (Phi) is 5.05. The maximum absolute atomic E-state index is 12.7. The molecule has 0 bridgehead atoms. The van der Waals surface area contributed by atoms with Crippen LogP contribution in [0, 0.1) is 5.92 Å². The van der Waals surface area contributed by atoms with Crippen LogP contribution < -0.4 is 5.32 Å². The summed E-state index contributed by atoms with van der Waals surface area (Å²) >= 11 is 1.38. The van der Waals surface area contributed by atoms with Crippen LogP contribution in [-0.2, 0) is 9.53 Å². The normalized spacial score (nSPS) is 16.3. The second-order valence-corrected chi connectivity index (χ2v) is 6.26. The zero-order valence-corrected chi connectivity index (χ0v) is 13.4. The fourth-order valence-electron chi connectivity index (χ4n) is 2.51. The van der Waals surface area contributed by atoms with Crippen LogP contribution in [0.15, 0.2) is 41.9 Å².